The molecule has 17 heavy (non-hydrogen) atoms. The number of halogens is 1. The molecule has 0 atom stereocenters. The second kappa shape index (κ2) is 4.33. The highest BCUT2D eigenvalue weighted by Crippen LogP contribution is 2.24. The van der Waals surface area contributed by atoms with E-state index in [4.69, 9.17) is 5.11 Å². The molecule has 0 saturated heterocycles. The average Bonchev–Trinajstić information content (AvgIpc) is 2.64. The molecule has 0 radical (unpaired) electrons. The van der Waals surface area contributed by atoms with Crippen molar-refractivity contribution in [1.29, 1.82) is 0 Å². The summed E-state index contributed by atoms with van der Waals surface area (Å²) in [5.74, 6) is -1.01. The summed E-state index contributed by atoms with van der Waals surface area (Å²) in [5.41, 5.74) is 2.64. The summed E-state index contributed by atoms with van der Waals surface area (Å²) in [6.07, 6.45) is 1.71. The van der Waals surface area contributed by atoms with E-state index in [0.29, 0.717) is 5.56 Å². The summed E-state index contributed by atoms with van der Waals surface area (Å²) in [6, 6.07) is 5.77. The lowest BCUT2D eigenvalue weighted by Gasteiger charge is -2.06. The van der Waals surface area contributed by atoms with E-state index in [1.165, 1.54) is 0 Å². The van der Waals surface area contributed by atoms with Crippen LogP contribution in [0.2, 0.25) is 0 Å². The minimum absolute atomic E-state index is 0.0819. The maximum atomic E-state index is 10.9. The number of carboxylic acids is 1. The fraction of sp³-hybridized carbons (Fsp3) is 0.167. The van der Waals surface area contributed by atoms with Gasteiger partial charge in [0.15, 0.2) is 5.69 Å². The first-order valence-electron chi connectivity index (χ1n) is 5.05. The number of carbonyl (C=O) groups is 1. The van der Waals surface area contributed by atoms with E-state index in [9.17, 15) is 4.79 Å². The number of aryl methyl sites for hydroxylation is 2. The minimum Gasteiger partial charge on any atom is -0.476 e. The molecule has 0 aliphatic carbocycles. The molecule has 2 aromatic rings. The summed E-state index contributed by atoms with van der Waals surface area (Å²) in [6.45, 7) is 3.71. The van der Waals surface area contributed by atoms with Gasteiger partial charge < -0.3 is 5.11 Å². The fourth-order valence-corrected chi connectivity index (χ4v) is 2.05. The Kier molecular flexibility index (Phi) is 3.02. The average molecular weight is 295 g/mol. The van der Waals surface area contributed by atoms with Crippen LogP contribution in [0.4, 0.5) is 0 Å². The standard InChI is InChI=1S/C12H11BrN2O2/c1-7-4-3-5-9(10(7)13)15-6-8(2)11(14-15)12(16)17/h3-6H,1-2H3,(H,16,17). The van der Waals surface area contributed by atoms with Gasteiger partial charge in [0.2, 0.25) is 0 Å². The van der Waals surface area contributed by atoms with Crippen LogP contribution < -0.4 is 0 Å². The Morgan fingerprint density at radius 1 is 1.35 bits per heavy atom. The molecule has 0 unspecified atom stereocenters. The molecule has 1 N–H and O–H groups in total. The van der Waals surface area contributed by atoms with E-state index in [1.54, 1.807) is 17.8 Å². The van der Waals surface area contributed by atoms with E-state index >= 15 is 0 Å². The molecule has 1 heterocycles. The summed E-state index contributed by atoms with van der Waals surface area (Å²) >= 11 is 3.48. The van der Waals surface area contributed by atoms with Crippen molar-refractivity contribution in [2.24, 2.45) is 0 Å². The summed E-state index contributed by atoms with van der Waals surface area (Å²) in [4.78, 5) is 10.9. The zero-order valence-electron chi connectivity index (χ0n) is 9.44. The number of hydrogen-bond acceptors (Lipinski definition) is 2. The fourth-order valence-electron chi connectivity index (χ4n) is 1.60. The van der Waals surface area contributed by atoms with Gasteiger partial charge in [-0.15, -0.1) is 0 Å². The molecule has 88 valence electrons. The molecule has 0 aliphatic heterocycles. The Morgan fingerprint density at radius 3 is 2.65 bits per heavy atom. The van der Waals surface area contributed by atoms with Gasteiger partial charge in [0.25, 0.3) is 0 Å². The number of nitrogens with zero attached hydrogens (tertiary/aromatic N) is 2. The van der Waals surface area contributed by atoms with E-state index in [0.717, 1.165) is 15.7 Å². The Labute approximate surface area is 107 Å². The van der Waals surface area contributed by atoms with Crippen molar-refractivity contribution in [3.63, 3.8) is 0 Å². The first-order chi connectivity index (χ1) is 8.00. The van der Waals surface area contributed by atoms with Crippen LogP contribution in [0.1, 0.15) is 21.6 Å². The molecular formula is C12H11BrN2O2. The van der Waals surface area contributed by atoms with Crippen molar-refractivity contribution in [3.05, 3.63) is 45.7 Å². The Hall–Kier alpha value is -1.62. The van der Waals surface area contributed by atoms with E-state index in [2.05, 4.69) is 21.0 Å². The van der Waals surface area contributed by atoms with Gasteiger partial charge in [0, 0.05) is 16.2 Å². The Bertz CT molecular complexity index is 590. The lowest BCUT2D eigenvalue weighted by Crippen LogP contribution is -2.02. The molecule has 1 aromatic carbocycles. The second-order valence-electron chi connectivity index (χ2n) is 3.82. The summed E-state index contributed by atoms with van der Waals surface area (Å²) in [5, 5.41) is 13.0. The molecule has 2 rings (SSSR count). The smallest absolute Gasteiger partial charge is 0.356 e. The van der Waals surface area contributed by atoms with Gasteiger partial charge in [-0.3, -0.25) is 0 Å². The highest BCUT2D eigenvalue weighted by molar-refractivity contribution is 9.10. The molecule has 0 amide bonds. The third-order valence-corrected chi connectivity index (χ3v) is 3.55. The zero-order valence-corrected chi connectivity index (χ0v) is 11.0. The number of hydrogen-bond donors (Lipinski definition) is 1. The topological polar surface area (TPSA) is 55.1 Å². The van der Waals surface area contributed by atoms with E-state index < -0.39 is 5.97 Å². The largest absolute Gasteiger partial charge is 0.476 e. The first kappa shape index (κ1) is 11.9. The van der Waals surface area contributed by atoms with Crippen LogP contribution >= 0.6 is 15.9 Å². The zero-order chi connectivity index (χ0) is 12.6. The van der Waals surface area contributed by atoms with Gasteiger partial charge in [-0.05, 0) is 41.4 Å². The lowest BCUT2D eigenvalue weighted by molar-refractivity contribution is 0.0689. The highest BCUT2D eigenvalue weighted by Gasteiger charge is 2.14. The van der Waals surface area contributed by atoms with Crippen molar-refractivity contribution in [2.75, 3.05) is 0 Å². The monoisotopic (exact) mass is 294 g/mol. The summed E-state index contributed by atoms with van der Waals surface area (Å²) in [7, 11) is 0. The third-order valence-electron chi connectivity index (χ3n) is 2.52. The minimum atomic E-state index is -1.01. The van der Waals surface area contributed by atoms with Gasteiger partial charge in [-0.25, -0.2) is 9.48 Å². The van der Waals surface area contributed by atoms with Gasteiger partial charge in [0.05, 0.1) is 5.69 Å². The molecule has 0 spiro atoms. The number of benzene rings is 1. The maximum Gasteiger partial charge on any atom is 0.356 e. The third kappa shape index (κ3) is 2.10. The van der Waals surface area contributed by atoms with Crippen molar-refractivity contribution >= 4 is 21.9 Å². The molecule has 0 bridgehead atoms. The van der Waals surface area contributed by atoms with Crippen molar-refractivity contribution in [2.45, 2.75) is 13.8 Å². The van der Waals surface area contributed by atoms with Crippen LogP contribution in [0.25, 0.3) is 5.69 Å². The molecule has 0 fully saturated rings. The van der Waals surface area contributed by atoms with Crippen molar-refractivity contribution in [3.8, 4) is 5.69 Å². The number of aromatic nitrogens is 2. The molecular weight excluding hydrogens is 284 g/mol. The van der Waals surface area contributed by atoms with E-state index in [-0.39, 0.29) is 5.69 Å². The van der Waals surface area contributed by atoms with Crippen LogP contribution in [0, 0.1) is 13.8 Å². The first-order valence-corrected chi connectivity index (χ1v) is 5.85. The number of rotatable bonds is 2. The maximum absolute atomic E-state index is 10.9. The molecule has 4 nitrogen and oxygen atoms in total. The van der Waals surface area contributed by atoms with Crippen molar-refractivity contribution < 1.29 is 9.90 Å². The molecule has 0 saturated carbocycles. The number of aromatic carboxylic acids is 1. The SMILES string of the molecule is Cc1cn(-c2cccc(C)c2Br)nc1C(=O)O. The summed E-state index contributed by atoms with van der Waals surface area (Å²) < 4.78 is 2.50. The molecule has 1 aromatic heterocycles. The van der Waals surface area contributed by atoms with Crippen molar-refractivity contribution in [1.82, 2.24) is 9.78 Å². The van der Waals surface area contributed by atoms with Crippen LogP contribution in [-0.4, -0.2) is 20.9 Å². The van der Waals surface area contributed by atoms with Gasteiger partial charge in [-0.2, -0.15) is 5.10 Å². The van der Waals surface area contributed by atoms with Gasteiger partial charge >= 0.3 is 5.97 Å². The van der Waals surface area contributed by atoms with Crippen LogP contribution in [0.15, 0.2) is 28.9 Å². The quantitative estimate of drug-likeness (QED) is 0.926. The lowest BCUT2D eigenvalue weighted by atomic mass is 10.2. The Balaban J connectivity index is 2.58. The Morgan fingerprint density at radius 2 is 2.06 bits per heavy atom. The van der Waals surface area contributed by atoms with Gasteiger partial charge in [0.1, 0.15) is 0 Å². The second-order valence-corrected chi connectivity index (χ2v) is 4.61. The molecule has 5 heteroatoms. The van der Waals surface area contributed by atoms with Gasteiger partial charge in [-0.1, -0.05) is 12.1 Å². The normalized spacial score (nSPS) is 10.5. The van der Waals surface area contributed by atoms with Crippen LogP contribution in [-0.2, 0) is 0 Å². The molecule has 0 aliphatic rings. The van der Waals surface area contributed by atoms with Crippen LogP contribution in [0.3, 0.4) is 0 Å². The van der Waals surface area contributed by atoms with Crippen LogP contribution in [0.5, 0.6) is 0 Å². The van der Waals surface area contributed by atoms with E-state index in [1.807, 2.05) is 25.1 Å². The highest BCUT2D eigenvalue weighted by atomic mass is 79.9. The predicted octanol–water partition coefficient (Wildman–Crippen LogP) is 2.95. The predicted molar refractivity (Wildman–Crippen MR) is 67.7 cm³/mol. The number of carboxylic acid groups (broad SMARTS) is 1.